The van der Waals surface area contributed by atoms with E-state index >= 15 is 0 Å². The molecule has 1 unspecified atom stereocenters. The fourth-order valence-electron chi connectivity index (χ4n) is 7.45. The zero-order valence-corrected chi connectivity index (χ0v) is 25.6. The van der Waals surface area contributed by atoms with Gasteiger partial charge in [-0.15, -0.1) is 0 Å². The van der Waals surface area contributed by atoms with Crippen LogP contribution in [0, 0.1) is 5.92 Å². The summed E-state index contributed by atoms with van der Waals surface area (Å²) in [6.07, 6.45) is 18.5. The molecule has 44 heavy (non-hydrogen) atoms. The van der Waals surface area contributed by atoms with E-state index in [1.807, 2.05) is 6.20 Å². The first-order valence-corrected chi connectivity index (χ1v) is 16.1. The average molecular weight is 575 g/mol. The van der Waals surface area contributed by atoms with Gasteiger partial charge in [0, 0.05) is 53.8 Å². The molecular formula is C40H38N4. The van der Waals surface area contributed by atoms with Crippen LogP contribution in [-0.2, 0) is 6.42 Å². The molecule has 0 spiro atoms. The second-order valence-electron chi connectivity index (χ2n) is 12.6. The van der Waals surface area contributed by atoms with Crippen LogP contribution in [0.3, 0.4) is 0 Å². The Morgan fingerprint density at radius 2 is 1.30 bits per heavy atom. The Labute approximate surface area is 260 Å². The molecule has 2 aliphatic heterocycles. The Morgan fingerprint density at radius 3 is 1.93 bits per heavy atom. The van der Waals surface area contributed by atoms with Gasteiger partial charge < -0.3 is 0 Å². The van der Waals surface area contributed by atoms with E-state index in [4.69, 9.17) is 9.98 Å². The van der Waals surface area contributed by atoms with Gasteiger partial charge in [0.15, 0.2) is 0 Å². The van der Waals surface area contributed by atoms with E-state index < -0.39 is 0 Å². The number of aryl methyl sites for hydroxylation is 1. The van der Waals surface area contributed by atoms with Crippen molar-refractivity contribution in [3.05, 3.63) is 136 Å². The molecule has 0 N–H and O–H groups in total. The quantitative estimate of drug-likeness (QED) is 0.310. The highest BCUT2D eigenvalue weighted by atomic mass is 15.2. The summed E-state index contributed by atoms with van der Waals surface area (Å²) in [5.74, 6) is 2.64. The lowest BCUT2D eigenvalue weighted by Crippen LogP contribution is -2.35. The first-order chi connectivity index (χ1) is 21.7. The van der Waals surface area contributed by atoms with Gasteiger partial charge in [0.2, 0.25) is 0 Å². The number of allylic oxidation sites excluding steroid dienone is 6. The lowest BCUT2D eigenvalue weighted by atomic mass is 9.70. The van der Waals surface area contributed by atoms with Crippen molar-refractivity contribution < 1.29 is 0 Å². The number of para-hydroxylation sites is 2. The van der Waals surface area contributed by atoms with Crippen molar-refractivity contribution in [2.45, 2.75) is 58.8 Å². The molecule has 0 fully saturated rings. The Kier molecular flexibility index (Phi) is 6.78. The number of benzene rings is 3. The molecule has 3 aliphatic carbocycles. The van der Waals surface area contributed by atoms with Crippen molar-refractivity contribution in [2.24, 2.45) is 15.9 Å². The summed E-state index contributed by atoms with van der Waals surface area (Å²) in [5.41, 5.74) is 14.8. The molecule has 4 heteroatoms. The number of amidine groups is 2. The van der Waals surface area contributed by atoms with Gasteiger partial charge in [-0.1, -0.05) is 71.8 Å². The molecule has 0 amide bonds. The number of hydrogen-bond acceptors (Lipinski definition) is 4. The summed E-state index contributed by atoms with van der Waals surface area (Å²) in [6.45, 7) is 4.36. The zero-order valence-electron chi connectivity index (χ0n) is 25.6. The molecule has 0 saturated heterocycles. The van der Waals surface area contributed by atoms with Crippen LogP contribution in [0.25, 0.3) is 11.6 Å². The second-order valence-corrected chi connectivity index (χ2v) is 12.6. The summed E-state index contributed by atoms with van der Waals surface area (Å²) in [4.78, 5) is 14.8. The highest BCUT2D eigenvalue weighted by Gasteiger charge is 2.37. The predicted molar refractivity (Wildman–Crippen MR) is 185 cm³/mol. The molecular weight excluding hydrogens is 536 g/mol. The first kappa shape index (κ1) is 26.9. The smallest absolute Gasteiger partial charge is 0.113 e. The minimum absolute atomic E-state index is 0.395. The van der Waals surface area contributed by atoms with Crippen LogP contribution in [-0.4, -0.2) is 11.7 Å². The van der Waals surface area contributed by atoms with Crippen LogP contribution >= 0.6 is 0 Å². The predicted octanol–water partition coefficient (Wildman–Crippen LogP) is 10.2. The Bertz CT molecular complexity index is 1850. The van der Waals surface area contributed by atoms with Gasteiger partial charge in [0.05, 0.1) is 5.69 Å². The topological polar surface area (TPSA) is 31.2 Å². The molecule has 218 valence electrons. The molecule has 0 saturated carbocycles. The molecule has 0 bridgehead atoms. The van der Waals surface area contributed by atoms with Crippen molar-refractivity contribution in [1.82, 2.24) is 0 Å². The normalized spacial score (nSPS) is 20.1. The van der Waals surface area contributed by atoms with E-state index in [0.717, 1.165) is 62.3 Å². The Hall–Kier alpha value is -4.70. The lowest BCUT2D eigenvalue weighted by molar-refractivity contribution is 0.773. The van der Waals surface area contributed by atoms with Crippen LogP contribution in [0.2, 0.25) is 0 Å². The largest absolute Gasteiger partial charge is 0.299 e. The maximum Gasteiger partial charge on any atom is 0.113 e. The molecule has 3 aromatic carbocycles. The monoisotopic (exact) mass is 574 g/mol. The van der Waals surface area contributed by atoms with Crippen molar-refractivity contribution in [3.8, 4) is 0 Å². The molecule has 5 aliphatic rings. The molecule has 0 aromatic heterocycles. The third kappa shape index (κ3) is 4.61. The molecule has 3 aromatic rings. The van der Waals surface area contributed by atoms with Gasteiger partial charge in [-0.25, -0.2) is 9.98 Å². The zero-order chi connectivity index (χ0) is 29.6. The Balaban J connectivity index is 1.30. The minimum Gasteiger partial charge on any atom is -0.299 e. The molecule has 4 nitrogen and oxygen atoms in total. The summed E-state index contributed by atoms with van der Waals surface area (Å²) in [6, 6.07) is 26.3. The van der Waals surface area contributed by atoms with Crippen LogP contribution in [0.1, 0.15) is 69.1 Å². The number of hydrogen-bond donors (Lipinski definition) is 0. The number of rotatable bonds is 4. The number of aliphatic imine (C=N–C) groups is 2. The van der Waals surface area contributed by atoms with Crippen molar-refractivity contribution >= 4 is 40.4 Å². The maximum absolute atomic E-state index is 5.00. The van der Waals surface area contributed by atoms with Gasteiger partial charge in [0.1, 0.15) is 11.7 Å². The standard InChI is InChI=1S/C40H38N4/c1-27-13-23-37(41-25-27)43(31-9-5-3-6-10-31)35-21-17-29-16-20-34-36(22-18-30-15-19-33(35)39(29)40(30)34)44(32-11-7-4-8-12-32)38-24-14-28(2)26-42-38/h3-12,15,17,19,21-22,25-26,30H,13-14,16,18,20,23-24H2,1-2H3. The van der Waals surface area contributed by atoms with Crippen molar-refractivity contribution in [1.29, 1.82) is 0 Å². The third-order valence-corrected chi connectivity index (χ3v) is 9.67. The van der Waals surface area contributed by atoms with Gasteiger partial charge in [-0.2, -0.15) is 0 Å². The number of anilines is 3. The van der Waals surface area contributed by atoms with E-state index in [1.165, 1.54) is 56.1 Å². The van der Waals surface area contributed by atoms with Crippen molar-refractivity contribution in [2.75, 3.05) is 9.80 Å². The summed E-state index contributed by atoms with van der Waals surface area (Å²) in [7, 11) is 0. The van der Waals surface area contributed by atoms with Gasteiger partial charge in [0.25, 0.3) is 0 Å². The fourth-order valence-corrected chi connectivity index (χ4v) is 7.45. The summed E-state index contributed by atoms with van der Waals surface area (Å²) in [5, 5.41) is 0. The second kappa shape index (κ2) is 11.1. The Morgan fingerprint density at radius 1 is 0.659 bits per heavy atom. The van der Waals surface area contributed by atoms with Gasteiger partial charge in [-0.3, -0.25) is 9.80 Å². The van der Waals surface area contributed by atoms with Crippen molar-refractivity contribution in [3.63, 3.8) is 0 Å². The van der Waals surface area contributed by atoms with Gasteiger partial charge in [-0.05, 0) is 98.6 Å². The fraction of sp³-hybridized carbons (Fsp3) is 0.250. The number of nitrogens with zero attached hydrogens (tertiary/aromatic N) is 4. The van der Waals surface area contributed by atoms with E-state index in [-0.39, 0.29) is 0 Å². The van der Waals surface area contributed by atoms with E-state index in [9.17, 15) is 0 Å². The van der Waals surface area contributed by atoms with E-state index in [0.29, 0.717) is 5.92 Å². The van der Waals surface area contributed by atoms with Crippen LogP contribution in [0.4, 0.5) is 17.1 Å². The summed E-state index contributed by atoms with van der Waals surface area (Å²) >= 11 is 0. The molecule has 8 rings (SSSR count). The molecule has 2 heterocycles. The SMILES string of the molecule is CC1=CN=C(N(C2=CCC3C=Cc4c(N(C5=NC=C(C)CC5)c5ccccc5)ccc5c4C3=C2CC5)c2ccccc2)CC1. The minimum atomic E-state index is 0.395. The average Bonchev–Trinajstić information content (AvgIpc) is 3.07. The highest BCUT2D eigenvalue weighted by Crippen LogP contribution is 2.52. The molecule has 1 atom stereocenters. The first-order valence-electron chi connectivity index (χ1n) is 16.1. The highest BCUT2D eigenvalue weighted by molar-refractivity contribution is 6.08. The van der Waals surface area contributed by atoms with Crippen LogP contribution in [0.15, 0.2) is 130 Å². The van der Waals surface area contributed by atoms with E-state index in [2.05, 4.69) is 121 Å². The van der Waals surface area contributed by atoms with E-state index in [1.54, 1.807) is 0 Å². The molecule has 0 radical (unpaired) electrons. The summed E-state index contributed by atoms with van der Waals surface area (Å²) < 4.78 is 0. The van der Waals surface area contributed by atoms with Gasteiger partial charge >= 0.3 is 0 Å². The third-order valence-electron chi connectivity index (χ3n) is 9.67. The van der Waals surface area contributed by atoms with Crippen LogP contribution < -0.4 is 9.80 Å². The lowest BCUT2D eigenvalue weighted by Gasteiger charge is -2.41. The van der Waals surface area contributed by atoms with Crippen LogP contribution in [0.5, 0.6) is 0 Å². The maximum atomic E-state index is 5.00.